The van der Waals surface area contributed by atoms with Crippen molar-refractivity contribution in [2.75, 3.05) is 5.32 Å². The van der Waals surface area contributed by atoms with Gasteiger partial charge < -0.3 is 14.6 Å². The molecule has 0 fully saturated rings. The molecule has 0 atom stereocenters. The van der Waals surface area contributed by atoms with Gasteiger partial charge >= 0.3 is 0 Å². The van der Waals surface area contributed by atoms with E-state index in [0.29, 0.717) is 17.4 Å². The lowest BCUT2D eigenvalue weighted by atomic mass is 10.2. The van der Waals surface area contributed by atoms with Crippen molar-refractivity contribution < 1.29 is 14.1 Å². The summed E-state index contributed by atoms with van der Waals surface area (Å²) in [5.74, 6) is 2.29. The third-order valence-electron chi connectivity index (χ3n) is 3.97. The number of carbonyl (C=O) groups excluding carboxylic acids is 1. The Bertz CT molecular complexity index is 1070. The molecule has 0 unspecified atom stereocenters. The highest BCUT2D eigenvalue weighted by molar-refractivity contribution is 5.88. The van der Waals surface area contributed by atoms with Gasteiger partial charge in [0.05, 0.1) is 0 Å². The number of nitrogens with zero attached hydrogens (tertiary/aromatic N) is 2. The molecule has 0 aliphatic heterocycles. The first kappa shape index (κ1) is 17.5. The first-order valence-electron chi connectivity index (χ1n) is 8.72. The van der Waals surface area contributed by atoms with E-state index in [4.69, 9.17) is 9.26 Å². The summed E-state index contributed by atoms with van der Waals surface area (Å²) in [6.45, 7) is 1.47. The monoisotopic (exact) mass is 371 g/mol. The van der Waals surface area contributed by atoms with Crippen LogP contribution in [0, 0.1) is 0 Å². The second-order valence-corrected chi connectivity index (χ2v) is 6.12. The lowest BCUT2D eigenvalue weighted by Gasteiger charge is -2.05. The average molecular weight is 371 g/mol. The molecule has 6 heteroatoms. The molecule has 0 spiro atoms. The largest absolute Gasteiger partial charge is 0.457 e. The third kappa shape index (κ3) is 4.07. The van der Waals surface area contributed by atoms with Crippen LogP contribution < -0.4 is 10.1 Å². The van der Waals surface area contributed by atoms with Crippen LogP contribution in [0.5, 0.6) is 11.5 Å². The molecule has 28 heavy (non-hydrogen) atoms. The normalized spacial score (nSPS) is 10.5. The third-order valence-corrected chi connectivity index (χ3v) is 3.97. The summed E-state index contributed by atoms with van der Waals surface area (Å²) >= 11 is 0. The van der Waals surface area contributed by atoms with Crippen LogP contribution in [0.15, 0.2) is 83.4 Å². The molecule has 1 N–H and O–H groups in total. The van der Waals surface area contributed by atoms with Gasteiger partial charge in [0.2, 0.25) is 11.7 Å². The molecular formula is C22H17N3O3. The summed E-state index contributed by atoms with van der Waals surface area (Å²) in [6.07, 6.45) is 0. The summed E-state index contributed by atoms with van der Waals surface area (Å²) in [5, 5.41) is 6.77. The van der Waals surface area contributed by atoms with Crippen LogP contribution in [-0.2, 0) is 4.79 Å². The zero-order chi connectivity index (χ0) is 19.3. The minimum Gasteiger partial charge on any atom is -0.457 e. The second-order valence-electron chi connectivity index (χ2n) is 6.12. The molecule has 0 bridgehead atoms. The highest BCUT2D eigenvalue weighted by atomic mass is 16.5. The summed E-state index contributed by atoms with van der Waals surface area (Å²) in [4.78, 5) is 15.5. The molecule has 1 aromatic heterocycles. The van der Waals surface area contributed by atoms with E-state index in [1.807, 2.05) is 66.7 Å². The summed E-state index contributed by atoms with van der Waals surface area (Å²) in [7, 11) is 0. The van der Waals surface area contributed by atoms with Gasteiger partial charge in [-0.15, -0.1) is 0 Å². The van der Waals surface area contributed by atoms with Crippen LogP contribution in [0.1, 0.15) is 6.92 Å². The van der Waals surface area contributed by atoms with Crippen molar-refractivity contribution in [1.29, 1.82) is 0 Å². The van der Waals surface area contributed by atoms with Crippen LogP contribution in [0.3, 0.4) is 0 Å². The van der Waals surface area contributed by atoms with Crippen LogP contribution in [-0.4, -0.2) is 16.0 Å². The minimum atomic E-state index is -0.118. The van der Waals surface area contributed by atoms with Crippen molar-refractivity contribution in [2.24, 2.45) is 0 Å². The Balaban J connectivity index is 1.48. The molecule has 138 valence electrons. The molecule has 3 aromatic carbocycles. The Labute approximate surface area is 161 Å². The highest BCUT2D eigenvalue weighted by Gasteiger charge is 2.11. The van der Waals surface area contributed by atoms with Crippen molar-refractivity contribution in [3.8, 4) is 34.3 Å². The van der Waals surface area contributed by atoms with Gasteiger partial charge in [-0.1, -0.05) is 23.4 Å². The number of aromatic nitrogens is 2. The second kappa shape index (κ2) is 7.75. The van der Waals surface area contributed by atoms with Gasteiger partial charge in [0.15, 0.2) is 0 Å². The number of carbonyl (C=O) groups is 1. The molecule has 1 heterocycles. The maximum atomic E-state index is 11.1. The van der Waals surface area contributed by atoms with E-state index in [2.05, 4.69) is 15.5 Å². The van der Waals surface area contributed by atoms with Crippen molar-refractivity contribution in [2.45, 2.75) is 6.92 Å². The van der Waals surface area contributed by atoms with E-state index in [1.54, 1.807) is 12.1 Å². The minimum absolute atomic E-state index is 0.118. The summed E-state index contributed by atoms with van der Waals surface area (Å²) in [6, 6.07) is 24.3. The molecule has 1 amide bonds. The Morgan fingerprint density at radius 1 is 0.857 bits per heavy atom. The molecule has 0 aliphatic rings. The number of benzene rings is 3. The Morgan fingerprint density at radius 2 is 1.50 bits per heavy atom. The van der Waals surface area contributed by atoms with Crippen LogP contribution in [0.4, 0.5) is 5.69 Å². The van der Waals surface area contributed by atoms with E-state index < -0.39 is 0 Å². The SMILES string of the molecule is CC(=O)Nc1ccc(-c2nc(-c3ccc(Oc4ccccc4)cc3)no2)cc1. The fourth-order valence-corrected chi connectivity index (χ4v) is 2.65. The standard InChI is InChI=1S/C22H17N3O3/c1-15(26)23-18-11-7-17(8-12-18)22-24-21(25-28-22)16-9-13-20(14-10-16)27-19-5-3-2-4-6-19/h2-14H,1H3,(H,23,26). The van der Waals surface area contributed by atoms with Crippen molar-refractivity contribution >= 4 is 11.6 Å². The Kier molecular flexibility index (Phi) is 4.84. The van der Waals surface area contributed by atoms with Gasteiger partial charge in [-0.3, -0.25) is 4.79 Å². The quantitative estimate of drug-likeness (QED) is 0.525. The molecule has 0 aliphatic carbocycles. The molecule has 0 radical (unpaired) electrons. The number of hydrogen-bond donors (Lipinski definition) is 1. The molecule has 6 nitrogen and oxygen atoms in total. The maximum Gasteiger partial charge on any atom is 0.258 e. The van der Waals surface area contributed by atoms with Gasteiger partial charge in [-0.25, -0.2) is 0 Å². The molecule has 0 saturated carbocycles. The van der Waals surface area contributed by atoms with Crippen molar-refractivity contribution in [1.82, 2.24) is 10.1 Å². The van der Waals surface area contributed by atoms with Crippen molar-refractivity contribution in [3.05, 3.63) is 78.9 Å². The van der Waals surface area contributed by atoms with Gasteiger partial charge in [0.1, 0.15) is 11.5 Å². The maximum absolute atomic E-state index is 11.1. The summed E-state index contributed by atoms with van der Waals surface area (Å²) in [5.41, 5.74) is 2.31. The number of nitrogens with one attached hydrogen (secondary N) is 1. The van der Waals surface area contributed by atoms with E-state index in [1.165, 1.54) is 6.92 Å². The van der Waals surface area contributed by atoms with Crippen LogP contribution in [0.25, 0.3) is 22.8 Å². The Morgan fingerprint density at radius 3 is 2.18 bits per heavy atom. The van der Waals surface area contributed by atoms with Crippen LogP contribution >= 0.6 is 0 Å². The van der Waals surface area contributed by atoms with E-state index in [-0.39, 0.29) is 5.91 Å². The van der Waals surface area contributed by atoms with Crippen LogP contribution in [0.2, 0.25) is 0 Å². The first-order chi connectivity index (χ1) is 13.7. The number of ether oxygens (including phenoxy) is 1. The average Bonchev–Trinajstić information content (AvgIpc) is 3.20. The van der Waals surface area contributed by atoms with Gasteiger partial charge in [0.25, 0.3) is 5.89 Å². The smallest absolute Gasteiger partial charge is 0.258 e. The number of rotatable bonds is 5. The lowest BCUT2D eigenvalue weighted by molar-refractivity contribution is -0.114. The van der Waals surface area contributed by atoms with E-state index in [9.17, 15) is 4.79 Å². The number of amides is 1. The van der Waals surface area contributed by atoms with Crippen molar-refractivity contribution in [3.63, 3.8) is 0 Å². The number of hydrogen-bond acceptors (Lipinski definition) is 5. The number of anilines is 1. The Hall–Kier alpha value is -3.93. The fraction of sp³-hybridized carbons (Fsp3) is 0.0455. The molecule has 4 aromatic rings. The van der Waals surface area contributed by atoms with E-state index in [0.717, 1.165) is 22.6 Å². The van der Waals surface area contributed by atoms with Gasteiger partial charge in [-0.2, -0.15) is 4.98 Å². The molecule has 4 rings (SSSR count). The highest BCUT2D eigenvalue weighted by Crippen LogP contribution is 2.26. The topological polar surface area (TPSA) is 77.2 Å². The predicted octanol–water partition coefficient (Wildman–Crippen LogP) is 5.15. The van der Waals surface area contributed by atoms with Gasteiger partial charge in [0, 0.05) is 23.7 Å². The summed E-state index contributed by atoms with van der Waals surface area (Å²) < 4.78 is 11.2. The number of para-hydroxylation sites is 1. The lowest BCUT2D eigenvalue weighted by Crippen LogP contribution is -2.05. The zero-order valence-corrected chi connectivity index (χ0v) is 15.1. The molecule has 0 saturated heterocycles. The first-order valence-corrected chi connectivity index (χ1v) is 8.72. The van der Waals surface area contributed by atoms with E-state index >= 15 is 0 Å². The predicted molar refractivity (Wildman–Crippen MR) is 106 cm³/mol. The van der Waals surface area contributed by atoms with Gasteiger partial charge in [-0.05, 0) is 60.7 Å². The molecular weight excluding hydrogens is 354 g/mol. The zero-order valence-electron chi connectivity index (χ0n) is 15.1. The fourth-order valence-electron chi connectivity index (χ4n) is 2.65.